The molecule has 5 nitrogen and oxygen atoms in total. The van der Waals surface area contributed by atoms with Gasteiger partial charge in [-0.3, -0.25) is 4.90 Å². The lowest BCUT2D eigenvalue weighted by atomic mass is 10.1. The molecule has 0 aliphatic rings. The van der Waals surface area contributed by atoms with E-state index in [1.807, 2.05) is 0 Å². The van der Waals surface area contributed by atoms with Gasteiger partial charge in [0, 0.05) is 17.1 Å². The van der Waals surface area contributed by atoms with E-state index in [0.717, 1.165) is 4.90 Å². The first-order chi connectivity index (χ1) is 8.97. The van der Waals surface area contributed by atoms with Gasteiger partial charge in [0.1, 0.15) is 6.04 Å². The highest BCUT2D eigenvalue weighted by Gasteiger charge is 2.29. The summed E-state index contributed by atoms with van der Waals surface area (Å²) in [5.74, 6) is 4.06. The van der Waals surface area contributed by atoms with Crippen LogP contribution >= 0.6 is 11.6 Å². The fourth-order valence-electron chi connectivity index (χ4n) is 1.55. The number of anilines is 1. The van der Waals surface area contributed by atoms with Gasteiger partial charge in [-0.2, -0.15) is 0 Å². The Morgan fingerprint density at radius 3 is 2.42 bits per heavy atom. The second-order valence-corrected chi connectivity index (χ2v) is 4.11. The van der Waals surface area contributed by atoms with Crippen LogP contribution in [0.4, 0.5) is 10.5 Å². The number of aliphatic carboxylic acids is 1. The Labute approximate surface area is 116 Å². The summed E-state index contributed by atoms with van der Waals surface area (Å²) in [6.07, 6.45) is -0.00258. The van der Waals surface area contributed by atoms with Crippen molar-refractivity contribution in [1.29, 1.82) is 0 Å². The van der Waals surface area contributed by atoms with Crippen LogP contribution in [0.2, 0.25) is 5.02 Å². The summed E-state index contributed by atoms with van der Waals surface area (Å²) in [5.41, 5.74) is 5.62. The van der Waals surface area contributed by atoms with Crippen LogP contribution in [0.1, 0.15) is 13.3 Å². The number of halogens is 1. The number of carbonyl (C=O) groups is 2. The standard InChI is InChI=1S/C13H13ClN2O3/c1-2-3-4-11(12(17)18)16(13(15)19)10-7-5-9(14)6-8-10/h5-8,11H,4H2,1H3,(H2,15,19)(H,17,18). The van der Waals surface area contributed by atoms with Crippen molar-refractivity contribution in [3.8, 4) is 11.8 Å². The van der Waals surface area contributed by atoms with Gasteiger partial charge in [0.2, 0.25) is 0 Å². The van der Waals surface area contributed by atoms with Gasteiger partial charge in [-0.05, 0) is 31.2 Å². The van der Waals surface area contributed by atoms with Crippen molar-refractivity contribution in [3.63, 3.8) is 0 Å². The number of carboxylic acid groups (broad SMARTS) is 1. The normalized spacial score (nSPS) is 11.1. The van der Waals surface area contributed by atoms with E-state index in [4.69, 9.17) is 17.3 Å². The molecule has 1 unspecified atom stereocenters. The molecule has 19 heavy (non-hydrogen) atoms. The van der Waals surface area contributed by atoms with E-state index in [2.05, 4.69) is 11.8 Å². The molecule has 1 aromatic carbocycles. The fourth-order valence-corrected chi connectivity index (χ4v) is 1.68. The van der Waals surface area contributed by atoms with E-state index in [9.17, 15) is 14.7 Å². The van der Waals surface area contributed by atoms with E-state index >= 15 is 0 Å². The predicted octanol–water partition coefficient (Wildman–Crippen LogP) is 2.09. The highest BCUT2D eigenvalue weighted by Crippen LogP contribution is 2.21. The third kappa shape index (κ3) is 3.90. The minimum Gasteiger partial charge on any atom is -0.480 e. The molecule has 0 aliphatic heterocycles. The zero-order valence-corrected chi connectivity index (χ0v) is 11.0. The van der Waals surface area contributed by atoms with Crippen molar-refractivity contribution in [2.75, 3.05) is 4.90 Å². The average Bonchev–Trinajstić information content (AvgIpc) is 2.35. The molecule has 2 amide bonds. The molecule has 0 fully saturated rings. The van der Waals surface area contributed by atoms with Gasteiger partial charge in [-0.15, -0.1) is 11.8 Å². The van der Waals surface area contributed by atoms with E-state index in [-0.39, 0.29) is 6.42 Å². The zero-order chi connectivity index (χ0) is 14.4. The molecule has 100 valence electrons. The molecule has 0 bridgehead atoms. The summed E-state index contributed by atoms with van der Waals surface area (Å²) < 4.78 is 0. The molecule has 1 aromatic rings. The van der Waals surface area contributed by atoms with Crippen molar-refractivity contribution in [1.82, 2.24) is 0 Å². The van der Waals surface area contributed by atoms with Gasteiger partial charge < -0.3 is 10.8 Å². The van der Waals surface area contributed by atoms with Gasteiger partial charge in [0.25, 0.3) is 0 Å². The third-order valence-electron chi connectivity index (χ3n) is 2.41. The van der Waals surface area contributed by atoms with Gasteiger partial charge in [0.05, 0.1) is 0 Å². The number of nitrogens with zero attached hydrogens (tertiary/aromatic N) is 1. The van der Waals surface area contributed by atoms with Crippen molar-refractivity contribution in [3.05, 3.63) is 29.3 Å². The Balaban J connectivity index is 3.15. The third-order valence-corrected chi connectivity index (χ3v) is 2.66. The largest absolute Gasteiger partial charge is 0.480 e. The molecule has 3 N–H and O–H groups in total. The number of amides is 2. The van der Waals surface area contributed by atoms with Gasteiger partial charge in [-0.25, -0.2) is 9.59 Å². The smallest absolute Gasteiger partial charge is 0.327 e. The number of hydrogen-bond acceptors (Lipinski definition) is 2. The number of carboxylic acids is 1. The molecule has 0 saturated heterocycles. The average molecular weight is 281 g/mol. The monoisotopic (exact) mass is 280 g/mol. The maximum atomic E-state index is 11.5. The number of primary amides is 1. The SMILES string of the molecule is CC#CCC(C(=O)O)N(C(N)=O)c1ccc(Cl)cc1. The summed E-state index contributed by atoms with van der Waals surface area (Å²) in [6, 6.07) is 4.18. The number of urea groups is 1. The zero-order valence-electron chi connectivity index (χ0n) is 10.3. The molecule has 0 radical (unpaired) electrons. The van der Waals surface area contributed by atoms with E-state index in [1.165, 1.54) is 12.1 Å². The number of rotatable bonds is 4. The molecule has 0 aromatic heterocycles. The van der Waals surface area contributed by atoms with Crippen molar-refractivity contribution < 1.29 is 14.7 Å². The molecule has 0 heterocycles. The summed E-state index contributed by atoms with van der Waals surface area (Å²) in [5, 5.41) is 9.67. The lowest BCUT2D eigenvalue weighted by molar-refractivity contribution is -0.138. The molecular weight excluding hydrogens is 268 g/mol. The highest BCUT2D eigenvalue weighted by molar-refractivity contribution is 6.30. The van der Waals surface area contributed by atoms with E-state index in [1.54, 1.807) is 19.1 Å². The van der Waals surface area contributed by atoms with E-state index in [0.29, 0.717) is 10.7 Å². The molecule has 6 heteroatoms. The number of hydrogen-bond donors (Lipinski definition) is 2. The highest BCUT2D eigenvalue weighted by atomic mass is 35.5. The quantitative estimate of drug-likeness (QED) is 0.828. The lowest BCUT2D eigenvalue weighted by Crippen LogP contribution is -2.48. The Bertz CT molecular complexity index is 531. The maximum Gasteiger partial charge on any atom is 0.327 e. The molecule has 1 atom stereocenters. The van der Waals surface area contributed by atoms with Crippen LogP contribution in [0.5, 0.6) is 0 Å². The number of benzene rings is 1. The Morgan fingerprint density at radius 2 is 2.00 bits per heavy atom. The van der Waals surface area contributed by atoms with Gasteiger partial charge >= 0.3 is 12.0 Å². The van der Waals surface area contributed by atoms with Crippen molar-refractivity contribution in [2.45, 2.75) is 19.4 Å². The van der Waals surface area contributed by atoms with Crippen LogP contribution in [0.15, 0.2) is 24.3 Å². The minimum absolute atomic E-state index is 0.00258. The minimum atomic E-state index is -1.17. The Hall–Kier alpha value is -2.19. The van der Waals surface area contributed by atoms with Crippen molar-refractivity contribution >= 4 is 29.3 Å². The molecule has 0 spiro atoms. The predicted molar refractivity (Wildman–Crippen MR) is 73.0 cm³/mol. The summed E-state index contributed by atoms with van der Waals surface area (Å²) in [7, 11) is 0. The summed E-state index contributed by atoms with van der Waals surface area (Å²) in [4.78, 5) is 23.7. The van der Waals surface area contributed by atoms with Crippen LogP contribution in [-0.4, -0.2) is 23.1 Å². The van der Waals surface area contributed by atoms with E-state index < -0.39 is 18.0 Å². The maximum absolute atomic E-state index is 11.5. The second-order valence-electron chi connectivity index (χ2n) is 3.67. The second kappa shape index (κ2) is 6.66. The molecule has 0 saturated carbocycles. The summed E-state index contributed by atoms with van der Waals surface area (Å²) in [6.45, 7) is 1.59. The molecule has 0 aliphatic carbocycles. The van der Waals surface area contributed by atoms with Crippen LogP contribution in [0.3, 0.4) is 0 Å². The first-order valence-electron chi connectivity index (χ1n) is 5.44. The van der Waals surface area contributed by atoms with Crippen LogP contribution < -0.4 is 10.6 Å². The van der Waals surface area contributed by atoms with Gasteiger partial charge in [0.15, 0.2) is 0 Å². The lowest BCUT2D eigenvalue weighted by Gasteiger charge is -2.26. The molecular formula is C13H13ClN2O3. The molecule has 1 rings (SSSR count). The van der Waals surface area contributed by atoms with Crippen LogP contribution in [-0.2, 0) is 4.79 Å². The first kappa shape index (κ1) is 14.9. The summed E-state index contributed by atoms with van der Waals surface area (Å²) >= 11 is 5.75. The fraction of sp³-hybridized carbons (Fsp3) is 0.231. The number of nitrogens with two attached hydrogens (primary N) is 1. The first-order valence-corrected chi connectivity index (χ1v) is 5.81. The van der Waals surface area contributed by atoms with Crippen LogP contribution in [0, 0.1) is 11.8 Å². The topological polar surface area (TPSA) is 83.6 Å². The Kier molecular flexibility index (Phi) is 5.22. The van der Waals surface area contributed by atoms with Gasteiger partial charge in [-0.1, -0.05) is 11.6 Å². The van der Waals surface area contributed by atoms with Crippen LogP contribution in [0.25, 0.3) is 0 Å². The number of carbonyl (C=O) groups excluding carboxylic acids is 1. The Morgan fingerprint density at radius 1 is 1.42 bits per heavy atom. The van der Waals surface area contributed by atoms with Crippen molar-refractivity contribution in [2.24, 2.45) is 5.73 Å².